The molecule has 0 aliphatic heterocycles. The van der Waals surface area contributed by atoms with Crippen LogP contribution in [0.25, 0.3) is 28.1 Å². The Kier molecular flexibility index (Phi) is 2.65. The second-order valence-electron chi connectivity index (χ2n) is 4.95. The quantitative estimate of drug-likeness (QED) is 0.608. The van der Waals surface area contributed by atoms with Gasteiger partial charge in [0.05, 0.1) is 11.2 Å². The van der Waals surface area contributed by atoms with Crippen molar-refractivity contribution in [3.63, 3.8) is 0 Å². The van der Waals surface area contributed by atoms with Gasteiger partial charge in [0.1, 0.15) is 17.2 Å². The van der Waals surface area contributed by atoms with E-state index in [0.29, 0.717) is 5.82 Å². The van der Waals surface area contributed by atoms with Gasteiger partial charge in [-0.3, -0.25) is 4.57 Å². The second-order valence-corrected chi connectivity index (χ2v) is 4.95. The number of nitrogens with zero attached hydrogens (tertiary/aromatic N) is 6. The Balaban J connectivity index is 1.96. The van der Waals surface area contributed by atoms with E-state index < -0.39 is 0 Å². The summed E-state index contributed by atoms with van der Waals surface area (Å²) < 4.78 is 3.73. The van der Waals surface area contributed by atoms with Crippen LogP contribution in [0, 0.1) is 0 Å². The largest absolute Gasteiger partial charge is 0.384 e. The first kappa shape index (κ1) is 12.5. The molecule has 22 heavy (non-hydrogen) atoms. The number of pyridine rings is 1. The second kappa shape index (κ2) is 4.66. The zero-order chi connectivity index (χ0) is 15.1. The SMILES string of the molecule is Cn1nnc2c(-n3ccnc3-c3ccnc(N)c3)cccc21. The van der Waals surface area contributed by atoms with Crippen molar-refractivity contribution in [3.8, 4) is 17.1 Å². The van der Waals surface area contributed by atoms with Crippen molar-refractivity contribution in [2.24, 2.45) is 7.05 Å². The molecule has 0 atom stereocenters. The third-order valence-electron chi connectivity index (χ3n) is 3.56. The molecule has 1 aromatic carbocycles. The van der Waals surface area contributed by atoms with Gasteiger partial charge in [0.25, 0.3) is 0 Å². The highest BCUT2D eigenvalue weighted by Gasteiger charge is 2.13. The van der Waals surface area contributed by atoms with E-state index in [1.54, 1.807) is 23.1 Å². The van der Waals surface area contributed by atoms with Crippen LogP contribution < -0.4 is 5.73 Å². The van der Waals surface area contributed by atoms with E-state index >= 15 is 0 Å². The van der Waals surface area contributed by atoms with Crippen molar-refractivity contribution in [2.75, 3.05) is 5.73 Å². The van der Waals surface area contributed by atoms with Crippen LogP contribution in [0.2, 0.25) is 0 Å². The number of hydrogen-bond acceptors (Lipinski definition) is 5. The maximum Gasteiger partial charge on any atom is 0.144 e. The van der Waals surface area contributed by atoms with E-state index in [0.717, 1.165) is 28.1 Å². The van der Waals surface area contributed by atoms with Crippen molar-refractivity contribution in [3.05, 3.63) is 48.9 Å². The summed E-state index contributed by atoms with van der Waals surface area (Å²) in [5.74, 6) is 1.25. The Labute approximate surface area is 126 Å². The Morgan fingerprint density at radius 1 is 1.09 bits per heavy atom. The van der Waals surface area contributed by atoms with E-state index in [4.69, 9.17) is 5.73 Å². The molecule has 0 fully saturated rings. The molecule has 4 rings (SSSR count). The van der Waals surface area contributed by atoms with Crippen molar-refractivity contribution in [2.45, 2.75) is 0 Å². The minimum Gasteiger partial charge on any atom is -0.384 e. The highest BCUT2D eigenvalue weighted by atomic mass is 15.4. The number of fused-ring (bicyclic) bond motifs is 1. The fourth-order valence-corrected chi connectivity index (χ4v) is 2.54. The molecule has 3 heterocycles. The molecule has 0 spiro atoms. The zero-order valence-electron chi connectivity index (χ0n) is 11.9. The molecule has 3 aromatic heterocycles. The van der Waals surface area contributed by atoms with Gasteiger partial charge in [-0.2, -0.15) is 0 Å². The molecule has 2 N–H and O–H groups in total. The molecule has 0 amide bonds. The summed E-state index contributed by atoms with van der Waals surface area (Å²) in [5.41, 5.74) is 9.39. The van der Waals surface area contributed by atoms with Crippen LogP contribution in [0.15, 0.2) is 48.9 Å². The number of anilines is 1. The van der Waals surface area contributed by atoms with Gasteiger partial charge in [-0.05, 0) is 24.3 Å². The van der Waals surface area contributed by atoms with Crippen LogP contribution >= 0.6 is 0 Å². The predicted molar refractivity (Wildman–Crippen MR) is 83.3 cm³/mol. The minimum absolute atomic E-state index is 0.463. The summed E-state index contributed by atoms with van der Waals surface area (Å²) in [7, 11) is 1.87. The van der Waals surface area contributed by atoms with E-state index in [2.05, 4.69) is 20.3 Å². The number of imidazole rings is 1. The lowest BCUT2D eigenvalue weighted by atomic mass is 10.2. The molecule has 0 aliphatic carbocycles. The monoisotopic (exact) mass is 291 g/mol. The van der Waals surface area contributed by atoms with Gasteiger partial charge in [-0.1, -0.05) is 11.3 Å². The third kappa shape index (κ3) is 1.83. The summed E-state index contributed by atoms with van der Waals surface area (Å²) >= 11 is 0. The molecule has 0 saturated carbocycles. The fraction of sp³-hybridized carbons (Fsp3) is 0.0667. The number of nitrogen functional groups attached to an aromatic ring is 1. The fourth-order valence-electron chi connectivity index (χ4n) is 2.54. The topological polar surface area (TPSA) is 87.4 Å². The highest BCUT2D eigenvalue weighted by molar-refractivity contribution is 5.84. The third-order valence-corrected chi connectivity index (χ3v) is 3.56. The summed E-state index contributed by atoms with van der Waals surface area (Å²) in [6.07, 6.45) is 5.32. The van der Waals surface area contributed by atoms with Gasteiger partial charge in [0.2, 0.25) is 0 Å². The average Bonchev–Trinajstić information content (AvgIpc) is 3.14. The number of aromatic nitrogens is 6. The lowest BCUT2D eigenvalue weighted by molar-refractivity contribution is 0.736. The molecule has 4 aromatic rings. The van der Waals surface area contributed by atoms with Crippen molar-refractivity contribution in [1.29, 1.82) is 0 Å². The number of rotatable bonds is 2. The van der Waals surface area contributed by atoms with Crippen LogP contribution in [0.1, 0.15) is 0 Å². The average molecular weight is 291 g/mol. The predicted octanol–water partition coefficient (Wildman–Crippen LogP) is 1.80. The van der Waals surface area contributed by atoms with Crippen LogP contribution in [0.3, 0.4) is 0 Å². The first-order valence-electron chi connectivity index (χ1n) is 6.78. The summed E-state index contributed by atoms with van der Waals surface area (Å²) in [6, 6.07) is 9.64. The van der Waals surface area contributed by atoms with E-state index in [1.807, 2.05) is 42.1 Å². The Morgan fingerprint density at radius 2 is 2.00 bits per heavy atom. The number of nitrogens with two attached hydrogens (primary N) is 1. The highest BCUT2D eigenvalue weighted by Crippen LogP contribution is 2.26. The lowest BCUT2D eigenvalue weighted by Crippen LogP contribution is -1.99. The molecule has 0 bridgehead atoms. The van der Waals surface area contributed by atoms with E-state index in [1.165, 1.54) is 0 Å². The lowest BCUT2D eigenvalue weighted by Gasteiger charge is -2.08. The molecule has 0 radical (unpaired) electrons. The molecule has 0 unspecified atom stereocenters. The standard InChI is InChI=1S/C15H13N7/c1-21-11-3-2-4-12(14(11)19-20-21)22-8-7-18-15(22)10-5-6-17-13(16)9-10/h2-9H,1H3,(H2,16,17). The maximum absolute atomic E-state index is 5.77. The molecule has 7 heteroatoms. The van der Waals surface area contributed by atoms with Crippen LogP contribution in [0.5, 0.6) is 0 Å². The molecule has 0 aliphatic rings. The van der Waals surface area contributed by atoms with Gasteiger partial charge >= 0.3 is 0 Å². The first-order valence-corrected chi connectivity index (χ1v) is 6.78. The summed E-state index contributed by atoms with van der Waals surface area (Å²) in [4.78, 5) is 8.46. The van der Waals surface area contributed by atoms with Crippen LogP contribution in [-0.2, 0) is 7.05 Å². The van der Waals surface area contributed by atoms with Crippen molar-refractivity contribution < 1.29 is 0 Å². The van der Waals surface area contributed by atoms with Crippen molar-refractivity contribution in [1.82, 2.24) is 29.5 Å². The molecule has 0 saturated heterocycles. The maximum atomic E-state index is 5.77. The molecule has 7 nitrogen and oxygen atoms in total. The normalized spacial score (nSPS) is 11.1. The van der Waals surface area contributed by atoms with E-state index in [9.17, 15) is 0 Å². The van der Waals surface area contributed by atoms with Gasteiger partial charge in [-0.25, -0.2) is 14.6 Å². The van der Waals surface area contributed by atoms with Gasteiger partial charge in [-0.15, -0.1) is 5.10 Å². The zero-order valence-corrected chi connectivity index (χ0v) is 11.9. The summed E-state index contributed by atoms with van der Waals surface area (Å²) in [6.45, 7) is 0. The van der Waals surface area contributed by atoms with Gasteiger partial charge in [0, 0.05) is 31.2 Å². The Bertz CT molecular complexity index is 967. The van der Waals surface area contributed by atoms with Gasteiger partial charge < -0.3 is 5.73 Å². The molecule has 108 valence electrons. The van der Waals surface area contributed by atoms with Crippen molar-refractivity contribution >= 4 is 16.9 Å². The number of hydrogen-bond donors (Lipinski definition) is 1. The smallest absolute Gasteiger partial charge is 0.144 e. The Morgan fingerprint density at radius 3 is 2.86 bits per heavy atom. The summed E-state index contributed by atoms with van der Waals surface area (Å²) in [5, 5.41) is 8.34. The van der Waals surface area contributed by atoms with Gasteiger partial charge in [0.15, 0.2) is 0 Å². The first-order chi connectivity index (χ1) is 10.7. The number of benzene rings is 1. The van der Waals surface area contributed by atoms with Crippen LogP contribution in [-0.4, -0.2) is 29.5 Å². The molecular formula is C15H13N7. The van der Waals surface area contributed by atoms with E-state index in [-0.39, 0.29) is 0 Å². The Hall–Kier alpha value is -3.22. The number of aryl methyl sites for hydroxylation is 1. The molecular weight excluding hydrogens is 278 g/mol. The van der Waals surface area contributed by atoms with Crippen LogP contribution in [0.4, 0.5) is 5.82 Å². The minimum atomic E-state index is 0.463.